The van der Waals surface area contributed by atoms with Gasteiger partial charge in [-0.1, -0.05) is 0 Å². The van der Waals surface area contributed by atoms with Crippen molar-refractivity contribution in [1.82, 2.24) is 0 Å². The van der Waals surface area contributed by atoms with Gasteiger partial charge in [-0.15, -0.1) is 0 Å². The van der Waals surface area contributed by atoms with Crippen molar-refractivity contribution in [3.8, 4) is 46.0 Å². The van der Waals surface area contributed by atoms with Crippen LogP contribution in [0.2, 0.25) is 0 Å². The van der Waals surface area contributed by atoms with Crippen LogP contribution in [0.25, 0.3) is 0 Å². The lowest BCUT2D eigenvalue weighted by molar-refractivity contribution is -0.461. The van der Waals surface area contributed by atoms with E-state index in [0.717, 1.165) is 0 Å². The highest BCUT2D eigenvalue weighted by molar-refractivity contribution is 5.62. The minimum absolute atomic E-state index is 1.10. The molecule has 0 heterocycles. The molecule has 0 unspecified atom stereocenters. The van der Waals surface area contributed by atoms with Crippen molar-refractivity contribution in [2.75, 3.05) is 0 Å². The lowest BCUT2D eigenvalue weighted by atomic mass is 9.75. The van der Waals surface area contributed by atoms with Gasteiger partial charge in [0.1, 0.15) is 46.0 Å². The second-order valence-electron chi connectivity index (χ2n) is 30.8. The van der Waals surface area contributed by atoms with Gasteiger partial charge in [-0.2, -0.15) is 299 Å². The van der Waals surface area contributed by atoms with Gasteiger partial charge >= 0.3 is 191 Å². The third-order valence-corrected chi connectivity index (χ3v) is 21.8. The highest BCUT2D eigenvalue weighted by atomic mass is 19.5. The summed E-state index contributed by atoms with van der Waals surface area (Å²) in [5.41, 5.74) is -22.0. The quantitative estimate of drug-likeness (QED) is 0.0209. The normalized spacial score (nSPS) is 18.3. The second kappa shape index (κ2) is 35.1. The van der Waals surface area contributed by atoms with Crippen molar-refractivity contribution in [2.45, 2.75) is 266 Å². The molecule has 0 aliphatic heterocycles. The lowest BCUT2D eigenvalue weighted by Crippen LogP contribution is -2.74. The van der Waals surface area contributed by atoms with E-state index in [-0.39, 0.29) is 0 Å². The number of hydrogen-bond acceptors (Lipinski definition) is 8. The van der Waals surface area contributed by atoms with E-state index in [2.05, 4.69) is 0 Å². The average Bonchev–Trinajstić information content (AvgIpc) is 0.702. The summed E-state index contributed by atoms with van der Waals surface area (Å²) in [6.45, 7) is 0. The zero-order valence-corrected chi connectivity index (χ0v) is 65.9. The van der Waals surface area contributed by atoms with Gasteiger partial charge in [-0.25, -0.2) is 0 Å². The van der Waals surface area contributed by atoms with Crippen LogP contribution in [0.3, 0.4) is 0 Å². The maximum Gasteiger partial charge on any atom is 0.460 e. The van der Waals surface area contributed by atoms with Crippen LogP contribution in [-0.4, -0.2) is 231 Å². The summed E-state index contributed by atoms with van der Waals surface area (Å²) in [4.78, 5) is 0. The van der Waals surface area contributed by atoms with Crippen LogP contribution in [0, 0.1) is 0 Å². The van der Waals surface area contributed by atoms with Crippen molar-refractivity contribution < 1.29 is 339 Å². The standard InChI is InChI=1S/C68H36F68O8/c69-37(70,41(77,78)45(85,86)49(93,94)53(101,102)57(109,110)61(117,118)65(125,126)127)5-1-17-21-9-23(31(139)13-29(21)137)18(2-6-38(71,72)42(79,80)46(87,88)50(95,96)54(103,104)58(111,112)62(119,120)66(128,129)130)25-11-27(35(143)15-33(25)141)20(4-8-40(75,76)44(83,84)48(91,92)52(99,100)56(107,108)60(115,116)64(123,124)68(134,135)136)28-12-26(34(142)16-36(28)144)19(24-10-22(17)30(138)14-32(24)140)3-7-39(73,74)43(81,82)47(89,90)51(97,98)55(105,106)59(113,114)63(121,122)67(131,132)133/h9-20,137-144H,1-8H2. The van der Waals surface area contributed by atoms with Crippen molar-refractivity contribution >= 4 is 0 Å². The number of hydrogen-bond donors (Lipinski definition) is 8. The highest BCUT2D eigenvalue weighted by Gasteiger charge is 3.01. The van der Waals surface area contributed by atoms with E-state index < -0.39 is 405 Å². The first-order valence-electron chi connectivity index (χ1n) is 35.6. The molecule has 1 aliphatic rings. The number of alkyl halides is 68. The number of phenolic OH excluding ortho intramolecular Hbond substituents is 8. The first kappa shape index (κ1) is 125. The molecule has 0 aromatic heterocycles. The molecule has 832 valence electrons. The van der Waals surface area contributed by atoms with Gasteiger partial charge in [0.2, 0.25) is 0 Å². The summed E-state index contributed by atoms with van der Waals surface area (Å²) >= 11 is 0. The zero-order chi connectivity index (χ0) is 115. The molecule has 8 bridgehead atoms. The van der Waals surface area contributed by atoms with E-state index in [0.29, 0.717) is 0 Å². The first-order chi connectivity index (χ1) is 62.5. The summed E-state index contributed by atoms with van der Waals surface area (Å²) in [5, 5.41) is 91.2. The molecule has 0 amide bonds. The van der Waals surface area contributed by atoms with E-state index in [4.69, 9.17) is 0 Å². The molecule has 0 spiro atoms. The van der Waals surface area contributed by atoms with Crippen LogP contribution in [-0.2, 0) is 0 Å². The van der Waals surface area contributed by atoms with Crippen molar-refractivity contribution in [1.29, 1.82) is 0 Å². The third kappa shape index (κ3) is 17.4. The molecule has 8 N–H and O–H groups in total. The van der Waals surface area contributed by atoms with Crippen LogP contribution in [0.15, 0.2) is 48.5 Å². The van der Waals surface area contributed by atoms with E-state index in [1.807, 2.05) is 0 Å². The third-order valence-electron chi connectivity index (χ3n) is 21.8. The number of rotatable bonds is 36. The molecule has 76 heteroatoms. The van der Waals surface area contributed by atoms with Gasteiger partial charge in [0.05, 0.1) is 0 Å². The summed E-state index contributed by atoms with van der Waals surface area (Å²) in [7, 11) is 0. The predicted molar refractivity (Wildman–Crippen MR) is 326 cm³/mol. The molecule has 0 radical (unpaired) electrons. The Kier molecular flexibility index (Phi) is 30.5. The van der Waals surface area contributed by atoms with Crippen molar-refractivity contribution in [2.24, 2.45) is 0 Å². The molecule has 4 aromatic rings. The fourth-order valence-electron chi connectivity index (χ4n) is 13.3. The van der Waals surface area contributed by atoms with E-state index >= 15 is 140 Å². The summed E-state index contributed by atoms with van der Waals surface area (Å²) in [6, 6.07) is -8.97. The molecule has 4 aromatic carbocycles. The Balaban J connectivity index is 2.19. The van der Waals surface area contributed by atoms with Crippen LogP contribution < -0.4 is 0 Å². The average molecular weight is 2270 g/mol. The Hall–Kier alpha value is -9.48. The summed E-state index contributed by atoms with van der Waals surface area (Å²) < 4.78 is 998. The Labute approximate surface area is 743 Å². The van der Waals surface area contributed by atoms with Crippen LogP contribution >= 0.6 is 0 Å². The Morgan fingerprint density at radius 3 is 0.299 bits per heavy atom. The maximum atomic E-state index is 16.3. The van der Waals surface area contributed by atoms with E-state index in [1.54, 1.807) is 0 Å². The number of halogens is 68. The number of aromatic hydroxyl groups is 8. The van der Waals surface area contributed by atoms with Gasteiger partial charge < -0.3 is 40.9 Å². The fourth-order valence-corrected chi connectivity index (χ4v) is 13.3. The van der Waals surface area contributed by atoms with Gasteiger partial charge in [0.25, 0.3) is 0 Å². The van der Waals surface area contributed by atoms with Crippen molar-refractivity contribution in [3.63, 3.8) is 0 Å². The van der Waals surface area contributed by atoms with Gasteiger partial charge in [0.15, 0.2) is 0 Å². The van der Waals surface area contributed by atoms with E-state index in [1.165, 1.54) is 0 Å². The molecule has 8 nitrogen and oxygen atoms in total. The van der Waals surface area contributed by atoms with Crippen LogP contribution in [0.1, 0.15) is 120 Å². The van der Waals surface area contributed by atoms with Gasteiger partial charge in [-0.3, -0.25) is 0 Å². The topological polar surface area (TPSA) is 162 Å². The minimum atomic E-state index is -9.76. The monoisotopic (exact) mass is 2270 g/mol. The molecular formula is C68H36F68O8. The number of fused-ring (bicyclic) bond motifs is 8. The molecular weight excluding hydrogens is 2240 g/mol. The largest absolute Gasteiger partial charge is 0.508 e. The van der Waals surface area contributed by atoms with E-state index in [9.17, 15) is 199 Å². The Morgan fingerprint density at radius 1 is 0.125 bits per heavy atom. The number of benzene rings is 4. The molecule has 144 heavy (non-hydrogen) atoms. The van der Waals surface area contributed by atoms with Crippen molar-refractivity contribution in [3.05, 3.63) is 93.0 Å². The van der Waals surface area contributed by atoms with Gasteiger partial charge in [0, 0.05) is 118 Å². The lowest BCUT2D eigenvalue weighted by Gasteiger charge is -2.43. The molecule has 1 aliphatic carbocycles. The summed E-state index contributed by atoms with van der Waals surface area (Å²) in [6.07, 6.45) is -66.2. The highest BCUT2D eigenvalue weighted by Crippen LogP contribution is 2.73. The molecule has 0 fully saturated rings. The van der Waals surface area contributed by atoms with Gasteiger partial charge in [-0.05, 0) is 49.9 Å². The zero-order valence-electron chi connectivity index (χ0n) is 65.9. The smallest absolute Gasteiger partial charge is 0.460 e. The second-order valence-corrected chi connectivity index (χ2v) is 30.8. The Morgan fingerprint density at radius 2 is 0.208 bits per heavy atom. The van der Waals surface area contributed by atoms with Crippen LogP contribution in [0.4, 0.5) is 299 Å². The number of phenols is 8. The molecule has 0 saturated carbocycles. The maximum absolute atomic E-state index is 16.3. The SMILES string of the molecule is Oc1cc(O)c2cc1C(CCC(F)(F)C(F)(F)C(F)(F)C(F)(F)C(F)(F)C(F)(F)C(F)(F)C(F)(F)F)c1cc(c(O)cc1O)C(CCC(F)(F)C(F)(F)C(F)(F)C(F)(F)C(F)(F)C(F)(F)C(F)(F)C(F)(F)F)c1cc(c(O)cc1O)C(CCC(F)(F)C(F)(F)C(F)(F)C(F)(F)C(F)(F)C(F)(F)C(F)(F)C(F)(F)F)c1cc(c(O)cc1O)C2CCC(F)(F)C(F)(F)C(F)(F)C(F)(F)C(F)(F)C(F)(F)C(F)(F)C(F)(F)F. The predicted octanol–water partition coefficient (Wildman–Crippen LogP) is 29.3. The fraction of sp³-hybridized carbons (Fsp3) is 0.647. The molecule has 0 atom stereocenters. The Bertz CT molecular complexity index is 4590. The summed E-state index contributed by atoms with van der Waals surface area (Å²) in [5.74, 6) is -300. The minimum Gasteiger partial charge on any atom is -0.508 e. The molecule has 0 saturated heterocycles. The molecule has 5 rings (SSSR count). The first-order valence-corrected chi connectivity index (χ1v) is 35.6. The van der Waals surface area contributed by atoms with Crippen LogP contribution in [0.5, 0.6) is 46.0 Å².